The fourth-order valence-corrected chi connectivity index (χ4v) is 2.24. The van der Waals surface area contributed by atoms with Gasteiger partial charge in [0.05, 0.1) is 6.04 Å². The van der Waals surface area contributed by atoms with Gasteiger partial charge in [0.1, 0.15) is 23.6 Å². The van der Waals surface area contributed by atoms with E-state index in [0.717, 1.165) is 4.40 Å². The normalized spacial score (nSPS) is 13.7. The van der Waals surface area contributed by atoms with Crippen molar-refractivity contribution in [3.05, 3.63) is 34.6 Å². The number of hydrogen-bond donors (Lipinski definition) is 1. The summed E-state index contributed by atoms with van der Waals surface area (Å²) in [5.41, 5.74) is -1.47. The summed E-state index contributed by atoms with van der Waals surface area (Å²) in [6.07, 6.45) is -4.11. The Labute approximate surface area is 141 Å². The summed E-state index contributed by atoms with van der Waals surface area (Å²) < 4.78 is 45.2. The Morgan fingerprint density at radius 2 is 2.00 bits per heavy atom. The van der Waals surface area contributed by atoms with Crippen LogP contribution in [0.2, 0.25) is 0 Å². The highest BCUT2D eigenvalue weighted by molar-refractivity contribution is 5.68. The van der Waals surface area contributed by atoms with Crippen LogP contribution in [-0.4, -0.2) is 31.8 Å². The van der Waals surface area contributed by atoms with E-state index in [9.17, 15) is 22.8 Å². The maximum atomic E-state index is 12.9. The van der Waals surface area contributed by atoms with Crippen molar-refractivity contribution in [1.82, 2.24) is 19.3 Å². The Balaban J connectivity index is 2.42. The number of carbonyl (C=O) groups excluding carboxylic acids is 1. The van der Waals surface area contributed by atoms with Crippen LogP contribution in [0.1, 0.15) is 39.6 Å². The zero-order chi connectivity index (χ0) is 19.0. The van der Waals surface area contributed by atoms with Crippen molar-refractivity contribution in [2.75, 3.05) is 0 Å². The van der Waals surface area contributed by atoms with Crippen LogP contribution in [0.15, 0.2) is 23.1 Å². The van der Waals surface area contributed by atoms with Gasteiger partial charge in [0.25, 0.3) is 0 Å². The van der Waals surface area contributed by atoms with Crippen molar-refractivity contribution in [2.24, 2.45) is 0 Å². The molecule has 7 nitrogen and oxygen atoms in total. The lowest BCUT2D eigenvalue weighted by atomic mass is 10.2. The second-order valence-electron chi connectivity index (χ2n) is 6.56. The van der Waals surface area contributed by atoms with Crippen molar-refractivity contribution in [2.45, 2.75) is 52.1 Å². The van der Waals surface area contributed by atoms with E-state index in [2.05, 4.69) is 10.3 Å². The van der Waals surface area contributed by atoms with E-state index < -0.39 is 36.1 Å². The van der Waals surface area contributed by atoms with Crippen molar-refractivity contribution in [1.29, 1.82) is 0 Å². The first-order chi connectivity index (χ1) is 11.4. The third-order valence-corrected chi connectivity index (χ3v) is 3.13. The van der Waals surface area contributed by atoms with E-state index in [1.165, 1.54) is 25.3 Å². The highest BCUT2D eigenvalue weighted by Crippen LogP contribution is 2.20. The van der Waals surface area contributed by atoms with Gasteiger partial charge in [-0.2, -0.15) is 13.2 Å². The Morgan fingerprint density at radius 3 is 2.56 bits per heavy atom. The molecule has 0 aliphatic heterocycles. The summed E-state index contributed by atoms with van der Waals surface area (Å²) in [7, 11) is 0. The number of rotatable bonds is 3. The summed E-state index contributed by atoms with van der Waals surface area (Å²) in [5, 5.41) is 2.40. The number of nitrogens with one attached hydrogen (secondary N) is 1. The molecule has 1 amide bonds. The van der Waals surface area contributed by atoms with Gasteiger partial charge in [0.15, 0.2) is 0 Å². The Hall–Kier alpha value is -2.52. The topological polar surface area (TPSA) is 77.6 Å². The second kappa shape index (κ2) is 6.41. The van der Waals surface area contributed by atoms with Gasteiger partial charge >= 0.3 is 18.0 Å². The van der Waals surface area contributed by atoms with Crippen molar-refractivity contribution < 1.29 is 22.7 Å². The zero-order valence-electron chi connectivity index (χ0n) is 14.2. The molecule has 25 heavy (non-hydrogen) atoms. The number of aromatic nitrogens is 3. The monoisotopic (exact) mass is 360 g/mol. The summed E-state index contributed by atoms with van der Waals surface area (Å²) >= 11 is 0. The maximum absolute atomic E-state index is 12.9. The third kappa shape index (κ3) is 4.74. The molecule has 0 aliphatic carbocycles. The number of hydrogen-bond acceptors (Lipinski definition) is 4. The lowest BCUT2D eigenvalue weighted by Gasteiger charge is -2.23. The van der Waals surface area contributed by atoms with E-state index in [0.29, 0.717) is 4.57 Å². The summed E-state index contributed by atoms with van der Waals surface area (Å²) in [4.78, 5) is 28.3. The van der Waals surface area contributed by atoms with Crippen LogP contribution in [0.3, 0.4) is 0 Å². The zero-order valence-corrected chi connectivity index (χ0v) is 14.2. The summed E-state index contributed by atoms with van der Waals surface area (Å²) in [6, 6.07) is 2.02. The Bertz CT molecular complexity index is 833. The standard InChI is InChI=1S/C15H19F3N4O3/c1-9(19-12(23)25-14(2,3)4)11-20-10-6-5-7-21(10)13(24)22(11)8-15(16,17)18/h5-7,9H,8H2,1-4H3,(H,19,23). The van der Waals surface area contributed by atoms with E-state index in [1.54, 1.807) is 20.8 Å². The molecule has 0 saturated carbocycles. The molecule has 2 aromatic heterocycles. The Morgan fingerprint density at radius 1 is 1.36 bits per heavy atom. The smallest absolute Gasteiger partial charge is 0.408 e. The molecule has 1 atom stereocenters. The lowest BCUT2D eigenvalue weighted by Crippen LogP contribution is -2.40. The highest BCUT2D eigenvalue weighted by Gasteiger charge is 2.32. The van der Waals surface area contributed by atoms with E-state index in [-0.39, 0.29) is 11.5 Å². The van der Waals surface area contributed by atoms with Crippen molar-refractivity contribution in [3.8, 4) is 0 Å². The minimum absolute atomic E-state index is 0.191. The average Bonchev–Trinajstić information content (AvgIpc) is 2.86. The van der Waals surface area contributed by atoms with Gasteiger partial charge in [-0.25, -0.2) is 14.6 Å². The van der Waals surface area contributed by atoms with Gasteiger partial charge in [0, 0.05) is 6.20 Å². The van der Waals surface area contributed by atoms with Crippen LogP contribution in [0.5, 0.6) is 0 Å². The van der Waals surface area contributed by atoms with Crippen LogP contribution < -0.4 is 11.0 Å². The maximum Gasteiger partial charge on any atom is 0.408 e. The molecule has 2 heterocycles. The first kappa shape index (κ1) is 18.8. The largest absolute Gasteiger partial charge is 0.444 e. The minimum atomic E-state index is -4.62. The van der Waals surface area contributed by atoms with Gasteiger partial charge in [-0.15, -0.1) is 0 Å². The first-order valence-corrected chi connectivity index (χ1v) is 7.51. The van der Waals surface area contributed by atoms with Gasteiger partial charge in [0.2, 0.25) is 0 Å². The molecule has 0 bridgehead atoms. The molecule has 0 aliphatic rings. The summed E-state index contributed by atoms with van der Waals surface area (Å²) in [5.74, 6) is -0.209. The Kier molecular flexibility index (Phi) is 4.83. The average molecular weight is 360 g/mol. The van der Waals surface area contributed by atoms with Gasteiger partial charge in [-0.1, -0.05) is 0 Å². The first-order valence-electron chi connectivity index (χ1n) is 7.51. The SMILES string of the molecule is CC(NC(=O)OC(C)(C)C)c1nc2cccn2c(=O)n1CC(F)(F)F. The fraction of sp³-hybridized carbons (Fsp3) is 0.533. The molecule has 1 unspecified atom stereocenters. The van der Waals surface area contributed by atoms with Crippen LogP contribution in [-0.2, 0) is 11.3 Å². The minimum Gasteiger partial charge on any atom is -0.444 e. The number of fused-ring (bicyclic) bond motifs is 1. The fourth-order valence-electron chi connectivity index (χ4n) is 2.24. The van der Waals surface area contributed by atoms with Crippen molar-refractivity contribution >= 4 is 11.7 Å². The van der Waals surface area contributed by atoms with Crippen molar-refractivity contribution in [3.63, 3.8) is 0 Å². The van der Waals surface area contributed by atoms with Crippen LogP contribution in [0.25, 0.3) is 5.65 Å². The molecule has 0 aromatic carbocycles. The molecule has 0 fully saturated rings. The van der Waals surface area contributed by atoms with Crippen LogP contribution in [0.4, 0.5) is 18.0 Å². The lowest BCUT2D eigenvalue weighted by molar-refractivity contribution is -0.142. The van der Waals surface area contributed by atoms with Crippen LogP contribution in [0, 0.1) is 0 Å². The number of carbonyl (C=O) groups is 1. The molecule has 1 N–H and O–H groups in total. The summed E-state index contributed by atoms with van der Waals surface area (Å²) in [6.45, 7) is 4.88. The molecule has 0 radical (unpaired) electrons. The molecular formula is C15H19F3N4O3. The number of ether oxygens (including phenoxy) is 1. The molecule has 2 aromatic rings. The van der Waals surface area contributed by atoms with Gasteiger partial charge < -0.3 is 10.1 Å². The molecular weight excluding hydrogens is 341 g/mol. The number of nitrogens with zero attached hydrogens (tertiary/aromatic N) is 3. The number of alkyl halides is 3. The molecule has 10 heteroatoms. The molecule has 0 saturated heterocycles. The van der Waals surface area contributed by atoms with Gasteiger partial charge in [-0.3, -0.25) is 8.97 Å². The highest BCUT2D eigenvalue weighted by atomic mass is 19.4. The second-order valence-corrected chi connectivity index (χ2v) is 6.56. The van der Waals surface area contributed by atoms with Gasteiger partial charge in [-0.05, 0) is 39.8 Å². The third-order valence-electron chi connectivity index (χ3n) is 3.13. The number of alkyl carbamates (subject to hydrolysis) is 1. The number of halogens is 3. The molecule has 138 valence electrons. The van der Waals surface area contributed by atoms with Crippen LogP contribution >= 0.6 is 0 Å². The van der Waals surface area contributed by atoms with E-state index in [4.69, 9.17) is 4.74 Å². The predicted octanol–water partition coefficient (Wildman–Crippen LogP) is 2.64. The predicted molar refractivity (Wildman–Crippen MR) is 83.3 cm³/mol. The molecule has 2 rings (SSSR count). The quantitative estimate of drug-likeness (QED) is 0.913. The number of amides is 1. The van der Waals surface area contributed by atoms with E-state index >= 15 is 0 Å². The van der Waals surface area contributed by atoms with E-state index in [1.807, 2.05) is 0 Å². The molecule has 0 spiro atoms.